The van der Waals surface area contributed by atoms with E-state index in [9.17, 15) is 9.90 Å². The van der Waals surface area contributed by atoms with Crippen LogP contribution in [0.1, 0.15) is 30.0 Å². The Bertz CT molecular complexity index is 786. The molecule has 0 saturated carbocycles. The van der Waals surface area contributed by atoms with Gasteiger partial charge in [0.2, 0.25) is 0 Å². The van der Waals surface area contributed by atoms with Crippen molar-refractivity contribution in [3.8, 4) is 0 Å². The molecule has 24 heavy (non-hydrogen) atoms. The summed E-state index contributed by atoms with van der Waals surface area (Å²) in [6, 6.07) is 6.03. The minimum absolute atomic E-state index is 0.0162. The zero-order valence-electron chi connectivity index (χ0n) is 14.5. The molecule has 0 spiro atoms. The molecule has 0 atom stereocenters. The van der Waals surface area contributed by atoms with Gasteiger partial charge in [-0.15, -0.1) is 0 Å². The molecular formula is C18H25N3O2S. The lowest BCUT2D eigenvalue weighted by Crippen LogP contribution is -2.42. The lowest BCUT2D eigenvalue weighted by molar-refractivity contribution is 0.245. The van der Waals surface area contributed by atoms with Crippen molar-refractivity contribution in [1.82, 2.24) is 15.2 Å². The molecule has 0 saturated heterocycles. The number of H-pyrrole nitrogens is 1. The zero-order chi connectivity index (χ0) is 17.7. The highest BCUT2D eigenvalue weighted by molar-refractivity contribution is 7.80. The Morgan fingerprint density at radius 3 is 2.75 bits per heavy atom. The molecule has 3 N–H and O–H groups in total. The summed E-state index contributed by atoms with van der Waals surface area (Å²) in [6.45, 7) is 7.61. The van der Waals surface area contributed by atoms with Crippen LogP contribution < -0.4 is 10.9 Å². The van der Waals surface area contributed by atoms with Gasteiger partial charge in [-0.25, -0.2) is 0 Å². The fourth-order valence-corrected chi connectivity index (χ4v) is 3.03. The van der Waals surface area contributed by atoms with E-state index in [0.717, 1.165) is 35.0 Å². The van der Waals surface area contributed by atoms with Crippen molar-refractivity contribution in [3.63, 3.8) is 0 Å². The van der Waals surface area contributed by atoms with Crippen LogP contribution in [0.4, 0.5) is 0 Å². The standard InChI is InChI=1S/C18H25N3O2S/c1-4-5-19-18(24)21(6-7-22)11-15-10-14-9-12(2)8-13(3)16(14)20-17(15)23/h8-10,22H,4-7,11H2,1-3H3,(H,19,24)(H,20,23). The first-order valence-electron chi connectivity index (χ1n) is 8.23. The topological polar surface area (TPSA) is 68.4 Å². The summed E-state index contributed by atoms with van der Waals surface area (Å²) in [7, 11) is 0. The number of pyridine rings is 1. The van der Waals surface area contributed by atoms with Gasteiger partial charge in [0, 0.05) is 18.7 Å². The number of aryl methyl sites for hydroxylation is 2. The monoisotopic (exact) mass is 347 g/mol. The summed E-state index contributed by atoms with van der Waals surface area (Å²) in [5.41, 5.74) is 3.61. The van der Waals surface area contributed by atoms with E-state index in [2.05, 4.69) is 29.4 Å². The average molecular weight is 347 g/mol. The van der Waals surface area contributed by atoms with Crippen LogP contribution >= 0.6 is 12.2 Å². The highest BCUT2D eigenvalue weighted by atomic mass is 32.1. The van der Waals surface area contributed by atoms with Crippen molar-refractivity contribution in [2.45, 2.75) is 33.7 Å². The Morgan fingerprint density at radius 2 is 2.08 bits per heavy atom. The van der Waals surface area contributed by atoms with Gasteiger partial charge in [-0.1, -0.05) is 18.6 Å². The number of nitrogens with one attached hydrogen (secondary N) is 2. The molecule has 2 aromatic rings. The van der Waals surface area contributed by atoms with E-state index in [0.29, 0.717) is 23.8 Å². The van der Waals surface area contributed by atoms with Crippen molar-refractivity contribution in [1.29, 1.82) is 0 Å². The molecule has 1 heterocycles. The minimum atomic E-state index is -0.115. The van der Waals surface area contributed by atoms with Crippen molar-refractivity contribution < 1.29 is 5.11 Å². The highest BCUT2D eigenvalue weighted by Crippen LogP contribution is 2.18. The third-order valence-electron chi connectivity index (χ3n) is 3.91. The molecule has 2 rings (SSSR count). The van der Waals surface area contributed by atoms with Crippen molar-refractivity contribution in [2.24, 2.45) is 0 Å². The fraction of sp³-hybridized carbons (Fsp3) is 0.444. The van der Waals surface area contributed by atoms with Gasteiger partial charge in [-0.2, -0.15) is 0 Å². The second kappa shape index (κ2) is 8.26. The second-order valence-electron chi connectivity index (χ2n) is 6.05. The first kappa shape index (κ1) is 18.4. The van der Waals surface area contributed by atoms with Gasteiger partial charge >= 0.3 is 0 Å². The maximum absolute atomic E-state index is 12.4. The van der Waals surface area contributed by atoms with Crippen molar-refractivity contribution >= 4 is 28.2 Å². The Balaban J connectivity index is 2.34. The number of aliphatic hydroxyl groups excluding tert-OH is 1. The number of fused-ring (bicyclic) bond motifs is 1. The van der Waals surface area contributed by atoms with E-state index in [1.54, 1.807) is 0 Å². The summed E-state index contributed by atoms with van der Waals surface area (Å²) >= 11 is 5.38. The molecule has 0 aliphatic carbocycles. The number of thiocarbonyl (C=S) groups is 1. The van der Waals surface area contributed by atoms with Crippen LogP contribution in [0.3, 0.4) is 0 Å². The van der Waals surface area contributed by atoms with E-state index in [-0.39, 0.29) is 12.2 Å². The molecule has 0 amide bonds. The predicted octanol–water partition coefficient (Wildman–Crippen LogP) is 2.22. The third-order valence-corrected chi connectivity index (χ3v) is 4.32. The smallest absolute Gasteiger partial charge is 0.253 e. The van der Waals surface area contributed by atoms with Crippen LogP contribution in [0.15, 0.2) is 23.0 Å². The van der Waals surface area contributed by atoms with Crippen molar-refractivity contribution in [2.75, 3.05) is 19.7 Å². The van der Waals surface area contributed by atoms with Gasteiger partial charge < -0.3 is 20.3 Å². The van der Waals surface area contributed by atoms with Crippen LogP contribution in [-0.2, 0) is 6.54 Å². The molecule has 0 fully saturated rings. The lowest BCUT2D eigenvalue weighted by atomic mass is 10.1. The summed E-state index contributed by atoms with van der Waals surface area (Å²) < 4.78 is 0. The first-order chi connectivity index (χ1) is 11.5. The van der Waals surface area contributed by atoms with Gasteiger partial charge in [0.05, 0.1) is 18.7 Å². The molecule has 0 aliphatic rings. The van der Waals surface area contributed by atoms with Gasteiger partial charge in [0.15, 0.2) is 5.11 Å². The molecule has 0 aliphatic heterocycles. The molecule has 0 bridgehead atoms. The van der Waals surface area contributed by atoms with Crippen molar-refractivity contribution in [3.05, 3.63) is 45.2 Å². The molecule has 130 valence electrons. The van der Waals surface area contributed by atoms with E-state index in [4.69, 9.17) is 12.2 Å². The average Bonchev–Trinajstić information content (AvgIpc) is 2.53. The van der Waals surface area contributed by atoms with E-state index in [1.165, 1.54) is 0 Å². The van der Waals surface area contributed by atoms with Gasteiger partial charge in [-0.3, -0.25) is 4.79 Å². The Kier molecular flexibility index (Phi) is 6.34. The molecule has 1 aromatic heterocycles. The van der Waals surface area contributed by atoms with Crippen LogP contribution in [0.5, 0.6) is 0 Å². The summed E-state index contributed by atoms with van der Waals surface area (Å²) in [5, 5.41) is 14.0. The molecule has 5 nitrogen and oxygen atoms in total. The first-order valence-corrected chi connectivity index (χ1v) is 8.64. The number of hydrogen-bond donors (Lipinski definition) is 3. The van der Waals surface area contributed by atoms with Crippen LogP contribution in [-0.4, -0.2) is 39.8 Å². The van der Waals surface area contributed by atoms with Gasteiger partial charge in [0.25, 0.3) is 5.56 Å². The molecular weight excluding hydrogens is 322 g/mol. The highest BCUT2D eigenvalue weighted by Gasteiger charge is 2.13. The summed E-state index contributed by atoms with van der Waals surface area (Å²) in [5.74, 6) is 0. The van der Waals surface area contributed by atoms with Crippen LogP contribution in [0.25, 0.3) is 10.9 Å². The molecule has 6 heteroatoms. The van der Waals surface area contributed by atoms with Gasteiger partial charge in [0.1, 0.15) is 0 Å². The van der Waals surface area contributed by atoms with E-state index < -0.39 is 0 Å². The SMILES string of the molecule is CCCNC(=S)N(CCO)Cc1cc2cc(C)cc(C)c2[nH]c1=O. The predicted molar refractivity (Wildman–Crippen MR) is 102 cm³/mol. The fourth-order valence-electron chi connectivity index (χ4n) is 2.77. The summed E-state index contributed by atoms with van der Waals surface area (Å²) in [6.07, 6.45) is 0.961. The second-order valence-corrected chi connectivity index (χ2v) is 6.43. The molecule has 1 aromatic carbocycles. The zero-order valence-corrected chi connectivity index (χ0v) is 15.3. The minimum Gasteiger partial charge on any atom is -0.395 e. The third kappa shape index (κ3) is 4.33. The molecule has 0 unspecified atom stereocenters. The quantitative estimate of drug-likeness (QED) is 0.699. The maximum Gasteiger partial charge on any atom is 0.253 e. The number of aromatic nitrogens is 1. The number of nitrogens with zero attached hydrogens (tertiary/aromatic N) is 1. The van der Waals surface area contributed by atoms with E-state index >= 15 is 0 Å². The number of benzene rings is 1. The Hall–Kier alpha value is -1.92. The maximum atomic E-state index is 12.4. The summed E-state index contributed by atoms with van der Waals surface area (Å²) in [4.78, 5) is 17.2. The van der Waals surface area contributed by atoms with Crippen LogP contribution in [0, 0.1) is 13.8 Å². The number of aromatic amines is 1. The lowest BCUT2D eigenvalue weighted by Gasteiger charge is -2.25. The Labute approximate surface area is 147 Å². The number of hydrogen-bond acceptors (Lipinski definition) is 3. The van der Waals surface area contributed by atoms with Crippen LogP contribution in [0.2, 0.25) is 0 Å². The largest absolute Gasteiger partial charge is 0.395 e. The Morgan fingerprint density at radius 1 is 1.33 bits per heavy atom. The molecule has 0 radical (unpaired) electrons. The number of aliphatic hydroxyl groups is 1. The normalized spacial score (nSPS) is 10.8. The van der Waals surface area contributed by atoms with E-state index in [1.807, 2.05) is 24.8 Å². The number of rotatable bonds is 6. The van der Waals surface area contributed by atoms with Gasteiger partial charge in [-0.05, 0) is 55.6 Å².